The van der Waals surface area contributed by atoms with Crippen molar-refractivity contribution in [1.82, 2.24) is 10.2 Å². The largest absolute Gasteiger partial charge is 0.380 e. The van der Waals surface area contributed by atoms with Gasteiger partial charge in [0.2, 0.25) is 0 Å². The molecule has 1 aromatic rings. The minimum atomic E-state index is 0.698. The molecule has 0 amide bonds. The van der Waals surface area contributed by atoms with Crippen LogP contribution in [-0.2, 0) is 17.9 Å². The average molecular weight is 274 g/mol. The van der Waals surface area contributed by atoms with Crippen molar-refractivity contribution in [2.24, 2.45) is 0 Å². The summed E-state index contributed by atoms with van der Waals surface area (Å²) >= 11 is 0. The average Bonchev–Trinajstić information content (AvgIpc) is 3.32. The lowest BCUT2D eigenvalue weighted by Gasteiger charge is -2.32. The van der Waals surface area contributed by atoms with Crippen LogP contribution in [0.15, 0.2) is 24.3 Å². The van der Waals surface area contributed by atoms with E-state index in [1.54, 1.807) is 7.11 Å². The van der Waals surface area contributed by atoms with E-state index < -0.39 is 0 Å². The maximum absolute atomic E-state index is 5.14. The fourth-order valence-corrected chi connectivity index (χ4v) is 3.09. The van der Waals surface area contributed by atoms with E-state index in [-0.39, 0.29) is 0 Å². The van der Waals surface area contributed by atoms with Crippen LogP contribution in [0, 0.1) is 0 Å². The summed E-state index contributed by atoms with van der Waals surface area (Å²) in [6.45, 7) is 4.26. The van der Waals surface area contributed by atoms with Crippen molar-refractivity contribution in [3.05, 3.63) is 35.4 Å². The first kappa shape index (κ1) is 14.1. The van der Waals surface area contributed by atoms with Crippen molar-refractivity contribution in [1.29, 1.82) is 0 Å². The van der Waals surface area contributed by atoms with E-state index >= 15 is 0 Å². The van der Waals surface area contributed by atoms with Gasteiger partial charge in [0.25, 0.3) is 0 Å². The lowest BCUT2D eigenvalue weighted by molar-refractivity contribution is 0.185. The lowest BCUT2D eigenvalue weighted by Crippen LogP contribution is -2.43. The smallest absolute Gasteiger partial charge is 0.0713 e. The van der Waals surface area contributed by atoms with Crippen molar-refractivity contribution in [2.75, 3.05) is 20.2 Å². The molecule has 1 heterocycles. The second kappa shape index (κ2) is 6.70. The summed E-state index contributed by atoms with van der Waals surface area (Å²) < 4.78 is 5.14. The summed E-state index contributed by atoms with van der Waals surface area (Å²) in [5.41, 5.74) is 2.61. The van der Waals surface area contributed by atoms with Gasteiger partial charge in [-0.1, -0.05) is 24.3 Å². The molecule has 0 spiro atoms. The third-order valence-electron chi connectivity index (χ3n) is 4.52. The molecule has 3 nitrogen and oxygen atoms in total. The van der Waals surface area contributed by atoms with Gasteiger partial charge in [0.05, 0.1) is 6.61 Å². The van der Waals surface area contributed by atoms with Gasteiger partial charge in [0.1, 0.15) is 0 Å². The molecule has 110 valence electrons. The SMILES string of the molecule is COCc1ccc(CNC2CCN(C3CC3)CC2)cc1. The van der Waals surface area contributed by atoms with E-state index in [9.17, 15) is 0 Å². The monoisotopic (exact) mass is 274 g/mol. The zero-order valence-electron chi connectivity index (χ0n) is 12.5. The Balaban J connectivity index is 1.40. The molecule has 2 fully saturated rings. The highest BCUT2D eigenvalue weighted by Crippen LogP contribution is 2.29. The van der Waals surface area contributed by atoms with Gasteiger partial charge in [0, 0.05) is 25.7 Å². The first-order valence-corrected chi connectivity index (χ1v) is 7.89. The van der Waals surface area contributed by atoms with Crippen LogP contribution in [0.2, 0.25) is 0 Å². The van der Waals surface area contributed by atoms with E-state index in [1.807, 2.05) is 0 Å². The number of benzene rings is 1. The summed E-state index contributed by atoms with van der Waals surface area (Å²) in [5, 5.41) is 3.71. The molecule has 1 aliphatic carbocycles. The Kier molecular flexibility index (Phi) is 4.71. The van der Waals surface area contributed by atoms with Gasteiger partial charge < -0.3 is 15.0 Å². The number of nitrogens with zero attached hydrogens (tertiary/aromatic N) is 1. The second-order valence-corrected chi connectivity index (χ2v) is 6.17. The minimum absolute atomic E-state index is 0.698. The van der Waals surface area contributed by atoms with Crippen LogP contribution >= 0.6 is 0 Å². The Morgan fingerprint density at radius 3 is 2.30 bits per heavy atom. The van der Waals surface area contributed by atoms with E-state index in [0.717, 1.165) is 12.6 Å². The number of methoxy groups -OCH3 is 1. The molecule has 1 aromatic carbocycles. The highest BCUT2D eigenvalue weighted by molar-refractivity contribution is 5.22. The van der Waals surface area contributed by atoms with Crippen LogP contribution in [0.1, 0.15) is 36.8 Å². The molecule has 0 unspecified atom stereocenters. The van der Waals surface area contributed by atoms with E-state index in [1.165, 1.54) is 49.9 Å². The van der Waals surface area contributed by atoms with E-state index in [4.69, 9.17) is 4.74 Å². The standard InChI is InChI=1S/C17H26N2O/c1-20-13-15-4-2-14(3-5-15)12-18-16-8-10-19(11-9-16)17-6-7-17/h2-5,16-18H,6-13H2,1H3. The van der Waals surface area contributed by atoms with E-state index in [2.05, 4.69) is 34.5 Å². The first-order valence-electron chi connectivity index (χ1n) is 7.89. The Labute approximate surface area is 122 Å². The number of ether oxygens (including phenoxy) is 1. The number of hydrogen-bond donors (Lipinski definition) is 1. The minimum Gasteiger partial charge on any atom is -0.380 e. The van der Waals surface area contributed by atoms with Gasteiger partial charge in [-0.2, -0.15) is 0 Å². The predicted molar refractivity (Wildman–Crippen MR) is 81.6 cm³/mol. The van der Waals surface area contributed by atoms with Crippen LogP contribution in [0.25, 0.3) is 0 Å². The normalized spacial score (nSPS) is 21.2. The van der Waals surface area contributed by atoms with Crippen LogP contribution in [0.3, 0.4) is 0 Å². The number of nitrogens with one attached hydrogen (secondary N) is 1. The molecule has 3 rings (SSSR count). The Hall–Kier alpha value is -0.900. The van der Waals surface area contributed by atoms with Crippen molar-refractivity contribution in [3.8, 4) is 0 Å². The first-order chi connectivity index (χ1) is 9.85. The number of hydrogen-bond acceptors (Lipinski definition) is 3. The molecular formula is C17H26N2O. The Morgan fingerprint density at radius 1 is 1.05 bits per heavy atom. The summed E-state index contributed by atoms with van der Waals surface area (Å²) in [4.78, 5) is 2.68. The predicted octanol–water partition coefficient (Wildman–Crippen LogP) is 2.55. The maximum Gasteiger partial charge on any atom is 0.0713 e. The van der Waals surface area contributed by atoms with Gasteiger partial charge in [-0.05, 0) is 49.9 Å². The van der Waals surface area contributed by atoms with Crippen LogP contribution in [0.5, 0.6) is 0 Å². The van der Waals surface area contributed by atoms with Crippen molar-refractivity contribution >= 4 is 0 Å². The third-order valence-corrected chi connectivity index (χ3v) is 4.52. The molecule has 1 saturated heterocycles. The van der Waals surface area contributed by atoms with Crippen molar-refractivity contribution in [3.63, 3.8) is 0 Å². The topological polar surface area (TPSA) is 24.5 Å². The van der Waals surface area contributed by atoms with Gasteiger partial charge in [-0.3, -0.25) is 0 Å². The highest BCUT2D eigenvalue weighted by atomic mass is 16.5. The maximum atomic E-state index is 5.14. The van der Waals surface area contributed by atoms with Crippen LogP contribution in [-0.4, -0.2) is 37.2 Å². The molecule has 0 atom stereocenters. The summed E-state index contributed by atoms with van der Waals surface area (Å²) in [6, 6.07) is 10.4. The van der Waals surface area contributed by atoms with Crippen LogP contribution in [0.4, 0.5) is 0 Å². The Bertz CT molecular complexity index is 406. The molecule has 0 radical (unpaired) electrons. The quantitative estimate of drug-likeness (QED) is 0.863. The number of rotatable bonds is 6. The fourth-order valence-electron chi connectivity index (χ4n) is 3.09. The summed E-state index contributed by atoms with van der Waals surface area (Å²) in [5.74, 6) is 0. The molecule has 3 heteroatoms. The number of likely N-dealkylation sites (tertiary alicyclic amines) is 1. The molecule has 0 aromatic heterocycles. The summed E-state index contributed by atoms with van der Waals surface area (Å²) in [7, 11) is 1.74. The molecular weight excluding hydrogens is 248 g/mol. The Morgan fingerprint density at radius 2 is 1.70 bits per heavy atom. The molecule has 1 N–H and O–H groups in total. The molecule has 1 saturated carbocycles. The van der Waals surface area contributed by atoms with Crippen LogP contribution < -0.4 is 5.32 Å². The van der Waals surface area contributed by atoms with Gasteiger partial charge >= 0.3 is 0 Å². The molecule has 20 heavy (non-hydrogen) atoms. The third kappa shape index (κ3) is 3.81. The second-order valence-electron chi connectivity index (χ2n) is 6.17. The zero-order chi connectivity index (χ0) is 13.8. The lowest BCUT2D eigenvalue weighted by atomic mass is 10.0. The molecule has 0 bridgehead atoms. The van der Waals surface area contributed by atoms with Gasteiger partial charge in [0.15, 0.2) is 0 Å². The fraction of sp³-hybridized carbons (Fsp3) is 0.647. The van der Waals surface area contributed by atoms with Crippen molar-refractivity contribution in [2.45, 2.75) is 50.9 Å². The zero-order valence-corrected chi connectivity index (χ0v) is 12.5. The molecule has 2 aliphatic rings. The number of piperidine rings is 1. The highest BCUT2D eigenvalue weighted by Gasteiger charge is 2.31. The van der Waals surface area contributed by atoms with Crippen molar-refractivity contribution < 1.29 is 4.74 Å². The van der Waals surface area contributed by atoms with Gasteiger partial charge in [-0.15, -0.1) is 0 Å². The summed E-state index contributed by atoms with van der Waals surface area (Å²) in [6.07, 6.45) is 5.48. The van der Waals surface area contributed by atoms with E-state index in [0.29, 0.717) is 12.6 Å². The van der Waals surface area contributed by atoms with Gasteiger partial charge in [-0.25, -0.2) is 0 Å². The molecule has 1 aliphatic heterocycles.